The van der Waals surface area contributed by atoms with Crippen LogP contribution in [0.1, 0.15) is 28.8 Å². The first-order chi connectivity index (χ1) is 12.8. The number of carbonyl (C=O) groups excluding carboxylic acids is 1. The molecule has 3 rings (SSSR count). The first-order valence-corrected chi connectivity index (χ1v) is 8.77. The van der Waals surface area contributed by atoms with Crippen LogP contribution in [0.4, 0.5) is 18.9 Å². The molecule has 27 heavy (non-hydrogen) atoms. The van der Waals surface area contributed by atoms with Crippen molar-refractivity contribution in [2.45, 2.75) is 25.7 Å². The minimum atomic E-state index is -4.75. The van der Waals surface area contributed by atoms with Crippen LogP contribution in [-0.2, 0) is 6.54 Å². The molecule has 2 aromatic carbocycles. The van der Waals surface area contributed by atoms with E-state index in [1.807, 2.05) is 18.2 Å². The highest BCUT2D eigenvalue weighted by atomic mass is 19.4. The number of anilines is 1. The molecule has 4 nitrogen and oxygen atoms in total. The van der Waals surface area contributed by atoms with Crippen molar-refractivity contribution in [1.82, 2.24) is 4.90 Å². The quantitative estimate of drug-likeness (QED) is 0.770. The number of ether oxygens (including phenoxy) is 1. The van der Waals surface area contributed by atoms with Crippen molar-refractivity contribution >= 4 is 11.6 Å². The second-order valence-electron chi connectivity index (χ2n) is 6.56. The van der Waals surface area contributed by atoms with Crippen molar-refractivity contribution in [2.24, 2.45) is 0 Å². The Kier molecular flexibility index (Phi) is 5.58. The second-order valence-corrected chi connectivity index (χ2v) is 6.56. The molecule has 0 aromatic heterocycles. The van der Waals surface area contributed by atoms with Crippen LogP contribution < -0.4 is 9.64 Å². The molecule has 0 radical (unpaired) electrons. The standard InChI is InChI=1S/C20H21F3N2O2/c1-24(14-16-6-2-3-7-18(16)25-12-4-5-13-25)19(26)15-8-10-17(11-9-15)27-20(21,22)23/h2-3,6-11H,4-5,12-14H2,1H3. The Morgan fingerprint density at radius 3 is 2.33 bits per heavy atom. The lowest BCUT2D eigenvalue weighted by molar-refractivity contribution is -0.274. The average Bonchev–Trinajstić information content (AvgIpc) is 3.15. The van der Waals surface area contributed by atoms with Crippen molar-refractivity contribution < 1.29 is 22.7 Å². The molecule has 1 saturated heterocycles. The van der Waals surface area contributed by atoms with E-state index < -0.39 is 6.36 Å². The Labute approximate surface area is 156 Å². The smallest absolute Gasteiger partial charge is 0.406 e. The Hall–Kier alpha value is -2.70. The third-order valence-electron chi connectivity index (χ3n) is 4.53. The lowest BCUT2D eigenvalue weighted by Crippen LogP contribution is -2.28. The van der Waals surface area contributed by atoms with Gasteiger partial charge in [0.2, 0.25) is 0 Å². The first-order valence-electron chi connectivity index (χ1n) is 8.77. The highest BCUT2D eigenvalue weighted by Gasteiger charge is 2.31. The van der Waals surface area contributed by atoms with E-state index in [1.54, 1.807) is 11.9 Å². The van der Waals surface area contributed by atoms with Gasteiger partial charge in [0.1, 0.15) is 5.75 Å². The topological polar surface area (TPSA) is 32.8 Å². The fourth-order valence-corrected chi connectivity index (χ4v) is 3.26. The molecule has 0 bridgehead atoms. The van der Waals surface area contributed by atoms with Crippen molar-refractivity contribution in [1.29, 1.82) is 0 Å². The van der Waals surface area contributed by atoms with E-state index in [0.29, 0.717) is 12.1 Å². The number of hydrogen-bond acceptors (Lipinski definition) is 3. The van der Waals surface area contributed by atoms with Crippen molar-refractivity contribution in [3.05, 3.63) is 59.7 Å². The molecule has 2 aromatic rings. The van der Waals surface area contributed by atoms with E-state index in [-0.39, 0.29) is 11.7 Å². The lowest BCUT2D eigenvalue weighted by Gasteiger charge is -2.24. The van der Waals surface area contributed by atoms with Gasteiger partial charge in [-0.2, -0.15) is 0 Å². The Morgan fingerprint density at radius 1 is 1.07 bits per heavy atom. The Morgan fingerprint density at radius 2 is 1.70 bits per heavy atom. The molecule has 1 aliphatic rings. The van der Waals surface area contributed by atoms with E-state index in [2.05, 4.69) is 15.7 Å². The predicted molar refractivity (Wildman–Crippen MR) is 96.8 cm³/mol. The van der Waals surface area contributed by atoms with E-state index in [9.17, 15) is 18.0 Å². The minimum absolute atomic E-state index is 0.259. The van der Waals surface area contributed by atoms with Crippen molar-refractivity contribution in [2.75, 3.05) is 25.0 Å². The van der Waals surface area contributed by atoms with E-state index >= 15 is 0 Å². The summed E-state index contributed by atoms with van der Waals surface area (Å²) >= 11 is 0. The van der Waals surface area contributed by atoms with Gasteiger partial charge in [-0.25, -0.2) is 0 Å². The van der Waals surface area contributed by atoms with Gasteiger partial charge >= 0.3 is 6.36 Å². The van der Waals surface area contributed by atoms with Gasteiger partial charge in [0.15, 0.2) is 0 Å². The maximum absolute atomic E-state index is 12.6. The van der Waals surface area contributed by atoms with E-state index in [0.717, 1.165) is 49.3 Å². The number of hydrogen-bond donors (Lipinski definition) is 0. The third-order valence-corrected chi connectivity index (χ3v) is 4.53. The number of halogens is 3. The van der Waals surface area contributed by atoms with Gasteiger partial charge in [-0.3, -0.25) is 4.79 Å². The number of nitrogens with zero attached hydrogens (tertiary/aromatic N) is 2. The summed E-state index contributed by atoms with van der Waals surface area (Å²) < 4.78 is 40.5. The van der Waals surface area contributed by atoms with Gasteiger partial charge in [0.05, 0.1) is 0 Å². The van der Waals surface area contributed by atoms with Gasteiger partial charge in [-0.15, -0.1) is 13.2 Å². The van der Waals surface area contributed by atoms with Gasteiger partial charge in [0, 0.05) is 37.9 Å². The number of alkyl halides is 3. The largest absolute Gasteiger partial charge is 0.573 e. The third kappa shape index (κ3) is 4.93. The summed E-state index contributed by atoms with van der Waals surface area (Å²) in [5, 5.41) is 0. The highest BCUT2D eigenvalue weighted by Crippen LogP contribution is 2.26. The number of benzene rings is 2. The summed E-state index contributed by atoms with van der Waals surface area (Å²) in [5.74, 6) is -0.606. The van der Waals surface area contributed by atoms with Crippen LogP contribution in [0.3, 0.4) is 0 Å². The van der Waals surface area contributed by atoms with Crippen LogP contribution in [0.15, 0.2) is 48.5 Å². The predicted octanol–water partition coefficient (Wildman–Crippen LogP) is 4.46. The molecule has 7 heteroatoms. The Bertz CT molecular complexity index is 785. The summed E-state index contributed by atoms with van der Waals surface area (Å²) in [4.78, 5) is 16.5. The van der Waals surface area contributed by atoms with Crippen LogP contribution in [0.2, 0.25) is 0 Å². The fourth-order valence-electron chi connectivity index (χ4n) is 3.26. The summed E-state index contributed by atoms with van der Waals surface area (Å²) in [7, 11) is 1.68. The summed E-state index contributed by atoms with van der Waals surface area (Å²) in [6.45, 7) is 2.44. The zero-order chi connectivity index (χ0) is 19.4. The molecule has 1 fully saturated rings. The van der Waals surface area contributed by atoms with Crippen molar-refractivity contribution in [3.63, 3.8) is 0 Å². The summed E-state index contributed by atoms with van der Waals surface area (Å²) in [6.07, 6.45) is -2.42. The SMILES string of the molecule is CN(Cc1ccccc1N1CCCC1)C(=O)c1ccc(OC(F)(F)F)cc1. The van der Waals surface area contributed by atoms with Gasteiger partial charge in [0.25, 0.3) is 5.91 Å². The van der Waals surface area contributed by atoms with Gasteiger partial charge in [-0.1, -0.05) is 18.2 Å². The van der Waals surface area contributed by atoms with Crippen LogP contribution in [0, 0.1) is 0 Å². The van der Waals surface area contributed by atoms with Gasteiger partial charge in [-0.05, 0) is 48.7 Å². The zero-order valence-corrected chi connectivity index (χ0v) is 15.0. The second kappa shape index (κ2) is 7.90. The van der Waals surface area contributed by atoms with E-state index in [1.165, 1.54) is 12.1 Å². The monoisotopic (exact) mass is 378 g/mol. The summed E-state index contributed by atoms with van der Waals surface area (Å²) in [6, 6.07) is 13.0. The molecule has 0 unspecified atom stereocenters. The molecule has 0 atom stereocenters. The molecule has 1 amide bonds. The molecule has 1 heterocycles. The Balaban J connectivity index is 1.69. The fraction of sp³-hybridized carbons (Fsp3) is 0.350. The molecule has 144 valence electrons. The lowest BCUT2D eigenvalue weighted by atomic mass is 10.1. The average molecular weight is 378 g/mol. The molecule has 1 aliphatic heterocycles. The number of amides is 1. The molecular weight excluding hydrogens is 357 g/mol. The number of rotatable bonds is 5. The van der Waals surface area contributed by atoms with Gasteiger partial charge < -0.3 is 14.5 Å². The van der Waals surface area contributed by atoms with Crippen molar-refractivity contribution in [3.8, 4) is 5.75 Å². The first kappa shape index (κ1) is 19.1. The summed E-state index contributed by atoms with van der Waals surface area (Å²) in [5.41, 5.74) is 2.49. The van der Waals surface area contributed by atoms with Crippen LogP contribution in [0.25, 0.3) is 0 Å². The van der Waals surface area contributed by atoms with Crippen LogP contribution in [0.5, 0.6) is 5.75 Å². The van der Waals surface area contributed by atoms with Crippen LogP contribution >= 0.6 is 0 Å². The number of para-hydroxylation sites is 1. The molecule has 0 aliphatic carbocycles. The van der Waals surface area contributed by atoms with Crippen LogP contribution in [-0.4, -0.2) is 37.3 Å². The molecular formula is C20H21F3N2O2. The van der Waals surface area contributed by atoms with E-state index in [4.69, 9.17) is 0 Å². The number of carbonyl (C=O) groups is 1. The normalized spacial score (nSPS) is 14.3. The maximum atomic E-state index is 12.6. The molecule has 0 saturated carbocycles. The molecule has 0 spiro atoms. The zero-order valence-electron chi connectivity index (χ0n) is 15.0. The minimum Gasteiger partial charge on any atom is -0.406 e. The molecule has 0 N–H and O–H groups in total. The maximum Gasteiger partial charge on any atom is 0.573 e. The highest BCUT2D eigenvalue weighted by molar-refractivity contribution is 5.94.